The van der Waals surface area contributed by atoms with E-state index in [0.29, 0.717) is 5.56 Å². The van der Waals surface area contributed by atoms with E-state index in [-0.39, 0.29) is 11.9 Å². The molecule has 7 heteroatoms. The Balaban J connectivity index is 1.83. The molecule has 2 heterocycles. The molecule has 0 bridgehead atoms. The Hall–Kier alpha value is -2.41. The molecule has 28 heavy (non-hydrogen) atoms. The highest BCUT2D eigenvalue weighted by molar-refractivity contribution is 5.86. The lowest BCUT2D eigenvalue weighted by atomic mass is 9.91. The maximum atomic E-state index is 12.8. The minimum atomic E-state index is -4.35. The van der Waals surface area contributed by atoms with E-state index < -0.39 is 17.3 Å². The topological polar surface area (TPSA) is 54.0 Å². The highest BCUT2D eigenvalue weighted by Crippen LogP contribution is 2.36. The van der Waals surface area contributed by atoms with Crippen LogP contribution in [0.3, 0.4) is 0 Å². The van der Waals surface area contributed by atoms with Crippen LogP contribution in [0.2, 0.25) is 0 Å². The van der Waals surface area contributed by atoms with Crippen molar-refractivity contribution in [2.45, 2.75) is 50.4 Å². The number of halogens is 3. The van der Waals surface area contributed by atoms with Crippen molar-refractivity contribution in [3.63, 3.8) is 0 Å². The minimum Gasteiger partial charge on any atom is -0.358 e. The number of rotatable bonds is 5. The molecule has 1 aromatic heterocycles. The van der Waals surface area contributed by atoms with Crippen molar-refractivity contribution in [2.24, 2.45) is 0 Å². The fraction of sp³-hybridized carbons (Fsp3) is 0.429. The molecule has 2 aromatic rings. The summed E-state index contributed by atoms with van der Waals surface area (Å²) in [5, 5.41) is 6.20. The first-order chi connectivity index (χ1) is 13.3. The molecule has 1 fully saturated rings. The maximum absolute atomic E-state index is 12.8. The lowest BCUT2D eigenvalue weighted by molar-refractivity contribution is -0.137. The van der Waals surface area contributed by atoms with Crippen molar-refractivity contribution < 1.29 is 18.0 Å². The molecule has 2 unspecified atom stereocenters. The Labute approximate surface area is 162 Å². The van der Waals surface area contributed by atoms with Gasteiger partial charge in [0.15, 0.2) is 0 Å². The average molecular weight is 391 g/mol. The van der Waals surface area contributed by atoms with Gasteiger partial charge in [0.05, 0.1) is 22.8 Å². The summed E-state index contributed by atoms with van der Waals surface area (Å²) in [6.07, 6.45) is 0.421. The summed E-state index contributed by atoms with van der Waals surface area (Å²) in [5.41, 5.74) is 1.02. The number of benzene rings is 1. The number of nitrogens with one attached hydrogen (secondary N) is 2. The van der Waals surface area contributed by atoms with Crippen LogP contribution in [-0.4, -0.2) is 23.5 Å². The van der Waals surface area contributed by atoms with Gasteiger partial charge in [-0.05, 0) is 54.7 Å². The molecule has 2 N–H and O–H groups in total. The van der Waals surface area contributed by atoms with Gasteiger partial charge in [0.25, 0.3) is 0 Å². The van der Waals surface area contributed by atoms with Gasteiger partial charge in [-0.25, -0.2) is 0 Å². The van der Waals surface area contributed by atoms with Crippen LogP contribution in [0, 0.1) is 0 Å². The number of hydrogen-bond acceptors (Lipinski definition) is 3. The highest BCUT2D eigenvalue weighted by Gasteiger charge is 2.44. The number of carbonyl (C=O) groups excluding carboxylic acids is 1. The van der Waals surface area contributed by atoms with E-state index in [4.69, 9.17) is 0 Å². The average Bonchev–Trinajstić information content (AvgIpc) is 3.12. The van der Waals surface area contributed by atoms with Gasteiger partial charge in [-0.1, -0.05) is 25.5 Å². The third kappa shape index (κ3) is 4.04. The summed E-state index contributed by atoms with van der Waals surface area (Å²) < 4.78 is 38.3. The van der Waals surface area contributed by atoms with Gasteiger partial charge in [0, 0.05) is 13.2 Å². The van der Waals surface area contributed by atoms with Crippen LogP contribution in [0.4, 0.5) is 13.2 Å². The van der Waals surface area contributed by atoms with E-state index in [9.17, 15) is 18.0 Å². The molecule has 0 radical (unpaired) electrons. The highest BCUT2D eigenvalue weighted by atomic mass is 19.4. The zero-order valence-electron chi connectivity index (χ0n) is 15.9. The molecule has 2 atom stereocenters. The predicted molar refractivity (Wildman–Crippen MR) is 101 cm³/mol. The molecule has 1 saturated heterocycles. The van der Waals surface area contributed by atoms with Gasteiger partial charge in [-0.2, -0.15) is 13.2 Å². The van der Waals surface area contributed by atoms with Crippen LogP contribution in [0.1, 0.15) is 49.9 Å². The molecule has 1 amide bonds. The van der Waals surface area contributed by atoms with Crippen LogP contribution in [0.5, 0.6) is 0 Å². The first kappa shape index (κ1) is 20.3. The van der Waals surface area contributed by atoms with Crippen molar-refractivity contribution in [3.8, 4) is 11.1 Å². The quantitative estimate of drug-likeness (QED) is 0.790. The Morgan fingerprint density at radius 3 is 2.57 bits per heavy atom. The molecular formula is C21H24F3N3O. The Bertz CT molecular complexity index is 836. The molecule has 0 aliphatic carbocycles. The molecule has 4 nitrogen and oxygen atoms in total. The van der Waals surface area contributed by atoms with Crippen LogP contribution in [0.15, 0.2) is 42.6 Å². The van der Waals surface area contributed by atoms with Crippen LogP contribution < -0.4 is 10.6 Å². The van der Waals surface area contributed by atoms with Crippen molar-refractivity contribution in [1.82, 2.24) is 15.6 Å². The summed E-state index contributed by atoms with van der Waals surface area (Å²) in [7, 11) is 1.64. The summed E-state index contributed by atoms with van der Waals surface area (Å²) in [5.74, 6) is -0.0178. The van der Waals surface area contributed by atoms with Gasteiger partial charge < -0.3 is 5.32 Å². The minimum absolute atomic E-state index is 0.0178. The normalized spacial score (nSPS) is 22.2. The standard InChI is InChI=1S/C21H24F3N3O/c1-3-10-20(19(28)25-2)11-8-17(27-20)18-13-15(9-12-26-18)14-4-6-16(7-5-14)21(22,23)24/h4-7,9,12-13,17,27H,3,8,10-11H2,1-2H3,(H,25,28). The fourth-order valence-electron chi connectivity index (χ4n) is 3.92. The zero-order chi connectivity index (χ0) is 20.4. The van der Waals surface area contributed by atoms with Crippen LogP contribution in [-0.2, 0) is 11.0 Å². The predicted octanol–water partition coefficient (Wildman–Crippen LogP) is 4.48. The number of aromatic nitrogens is 1. The lowest BCUT2D eigenvalue weighted by Crippen LogP contribution is -2.53. The molecular weight excluding hydrogens is 367 g/mol. The Morgan fingerprint density at radius 2 is 1.96 bits per heavy atom. The summed E-state index contributed by atoms with van der Waals surface area (Å²) in [6.45, 7) is 2.04. The van der Waals surface area contributed by atoms with Gasteiger partial charge in [-0.15, -0.1) is 0 Å². The van der Waals surface area contributed by atoms with Gasteiger partial charge in [0.2, 0.25) is 5.91 Å². The third-order valence-corrected chi connectivity index (χ3v) is 5.33. The summed E-state index contributed by atoms with van der Waals surface area (Å²) in [6, 6.07) is 8.69. The molecule has 1 aliphatic rings. The van der Waals surface area contributed by atoms with E-state index in [1.807, 2.05) is 13.0 Å². The maximum Gasteiger partial charge on any atom is 0.416 e. The van der Waals surface area contributed by atoms with Gasteiger partial charge >= 0.3 is 6.18 Å². The Morgan fingerprint density at radius 1 is 1.25 bits per heavy atom. The van der Waals surface area contributed by atoms with Crippen molar-refractivity contribution in [3.05, 3.63) is 53.9 Å². The summed E-state index contributed by atoms with van der Waals surface area (Å²) in [4.78, 5) is 16.9. The third-order valence-electron chi connectivity index (χ3n) is 5.33. The molecule has 0 saturated carbocycles. The lowest BCUT2D eigenvalue weighted by Gasteiger charge is -2.28. The van der Waals surface area contributed by atoms with E-state index in [1.54, 1.807) is 19.3 Å². The number of alkyl halides is 3. The number of hydrogen-bond donors (Lipinski definition) is 2. The number of nitrogens with zero attached hydrogens (tertiary/aromatic N) is 1. The molecule has 1 aliphatic heterocycles. The first-order valence-corrected chi connectivity index (χ1v) is 9.42. The first-order valence-electron chi connectivity index (χ1n) is 9.42. The van der Waals surface area contributed by atoms with Crippen LogP contribution in [0.25, 0.3) is 11.1 Å². The second kappa shape index (κ2) is 7.91. The summed E-state index contributed by atoms with van der Waals surface area (Å²) >= 11 is 0. The second-order valence-electron chi connectivity index (χ2n) is 7.19. The van der Waals surface area contributed by atoms with E-state index in [0.717, 1.165) is 49.1 Å². The fourth-order valence-corrected chi connectivity index (χ4v) is 3.92. The molecule has 0 spiro atoms. The van der Waals surface area contributed by atoms with Crippen molar-refractivity contribution >= 4 is 5.91 Å². The van der Waals surface area contributed by atoms with Crippen molar-refractivity contribution in [2.75, 3.05) is 7.05 Å². The number of amides is 1. The van der Waals surface area contributed by atoms with Gasteiger partial charge in [-0.3, -0.25) is 15.1 Å². The molecule has 150 valence electrons. The SMILES string of the molecule is CCCC1(C(=O)NC)CCC(c2cc(-c3ccc(C(F)(F)F)cc3)ccn2)N1. The number of carbonyl (C=O) groups is 1. The zero-order valence-corrected chi connectivity index (χ0v) is 15.9. The monoisotopic (exact) mass is 391 g/mol. The number of likely N-dealkylation sites (N-methyl/N-ethyl adjacent to an activating group) is 1. The smallest absolute Gasteiger partial charge is 0.358 e. The second-order valence-corrected chi connectivity index (χ2v) is 7.19. The Kier molecular flexibility index (Phi) is 5.74. The molecule has 3 rings (SSSR count). The molecule has 1 aromatic carbocycles. The number of pyridine rings is 1. The van der Waals surface area contributed by atoms with Crippen LogP contribution >= 0.6 is 0 Å². The van der Waals surface area contributed by atoms with E-state index in [2.05, 4.69) is 15.6 Å². The van der Waals surface area contributed by atoms with Crippen molar-refractivity contribution in [1.29, 1.82) is 0 Å². The van der Waals surface area contributed by atoms with E-state index >= 15 is 0 Å². The van der Waals surface area contributed by atoms with E-state index in [1.165, 1.54) is 12.1 Å². The van der Waals surface area contributed by atoms with Gasteiger partial charge in [0.1, 0.15) is 0 Å². The largest absolute Gasteiger partial charge is 0.416 e.